The normalized spacial score (nSPS) is 14.2. The Bertz CT molecular complexity index is 2380. The summed E-state index contributed by atoms with van der Waals surface area (Å²) in [5.41, 5.74) is 3.80. The molecule has 42 heavy (non-hydrogen) atoms. The minimum absolute atomic E-state index is 0.758. The van der Waals surface area contributed by atoms with Crippen molar-refractivity contribution in [1.29, 1.82) is 0 Å². The predicted molar refractivity (Wildman–Crippen MR) is 167 cm³/mol. The van der Waals surface area contributed by atoms with Crippen molar-refractivity contribution < 1.29 is 14.2 Å². The van der Waals surface area contributed by atoms with Crippen LogP contribution in [0.1, 0.15) is 0 Å². The van der Waals surface area contributed by atoms with Gasteiger partial charge in [0.2, 0.25) is 0 Å². The van der Waals surface area contributed by atoms with Crippen LogP contribution in [0, 0.1) is 0 Å². The van der Waals surface area contributed by atoms with Crippen molar-refractivity contribution in [2.75, 3.05) is 0 Å². The Morgan fingerprint density at radius 1 is 0.524 bits per heavy atom. The monoisotopic (exact) mass is 652 g/mol. The fraction of sp³-hybridized carbons (Fsp3) is 0. The SMILES string of the molecule is c1cc[c]2c(c1)Oc1cccc3[c]1[Ga]2[c]1cc2[c](nc1O3)[Ga]1[c]3c(cccc3-n3c4ccccc4c4ccc[c]1c43)O2. The Balaban J connectivity index is 1.21. The molecule has 0 aliphatic carbocycles. The summed E-state index contributed by atoms with van der Waals surface area (Å²) >= 11 is -5.24. The quantitative estimate of drug-likeness (QED) is 0.234. The molecule has 5 aromatic carbocycles. The first kappa shape index (κ1) is 22.3. The van der Waals surface area contributed by atoms with E-state index in [0.717, 1.165) is 38.9 Å². The molecule has 0 unspecified atom stereocenters. The zero-order valence-corrected chi connectivity index (χ0v) is 27.0. The Morgan fingerprint density at radius 2 is 1.21 bits per heavy atom. The van der Waals surface area contributed by atoms with Crippen LogP contribution in [0.2, 0.25) is 0 Å². The number of rotatable bonds is 0. The number of fused-ring (bicyclic) bond motifs is 11. The van der Waals surface area contributed by atoms with E-state index in [1.807, 2.05) is 6.07 Å². The number of hydrogen-bond acceptors (Lipinski definition) is 4. The number of para-hydroxylation sites is 3. The van der Waals surface area contributed by atoms with Gasteiger partial charge in [-0.05, 0) is 0 Å². The van der Waals surface area contributed by atoms with E-state index in [4.69, 9.17) is 19.2 Å². The molecule has 4 aliphatic rings. The van der Waals surface area contributed by atoms with E-state index < -0.39 is 32.4 Å². The molecule has 5 nitrogen and oxygen atoms in total. The van der Waals surface area contributed by atoms with Gasteiger partial charge in [0.15, 0.2) is 0 Å². The molecule has 7 aromatic rings. The standard InChI is InChI=1S/C35H18N2O3.2Ga/c1-2-11-26(12-3-1)38-28-14-9-15-29(23-28)40-35-21-20-30(24-36-35)39-27-13-8-10-25(22-27)37-33-18-6-4-16-31(33)32-17-5-7-19-34(32)37;;/h1-11,13-18,20H;;. The molecule has 0 spiro atoms. The van der Waals surface area contributed by atoms with Gasteiger partial charge in [-0.3, -0.25) is 0 Å². The van der Waals surface area contributed by atoms with Crippen LogP contribution in [0.15, 0.2) is 109 Å². The number of benzene rings is 5. The average Bonchev–Trinajstić information content (AvgIpc) is 3.37. The van der Waals surface area contributed by atoms with E-state index in [-0.39, 0.29) is 0 Å². The predicted octanol–water partition coefficient (Wildman–Crippen LogP) is 3.84. The van der Waals surface area contributed by atoms with Gasteiger partial charge in [0, 0.05) is 0 Å². The van der Waals surface area contributed by atoms with Gasteiger partial charge in [0.05, 0.1) is 0 Å². The Labute approximate surface area is 251 Å². The summed E-state index contributed by atoms with van der Waals surface area (Å²) in [6.45, 7) is 0. The van der Waals surface area contributed by atoms with Gasteiger partial charge < -0.3 is 0 Å². The van der Waals surface area contributed by atoms with E-state index >= 15 is 0 Å². The first-order valence-corrected chi connectivity index (χ1v) is 21.6. The van der Waals surface area contributed by atoms with Gasteiger partial charge in [-0.1, -0.05) is 0 Å². The first-order chi connectivity index (χ1) is 20.8. The summed E-state index contributed by atoms with van der Waals surface area (Å²) < 4.78 is 29.9. The van der Waals surface area contributed by atoms with E-state index in [9.17, 15) is 0 Å². The molecule has 4 aliphatic heterocycles. The number of pyridine rings is 1. The van der Waals surface area contributed by atoms with Gasteiger partial charge in [-0.2, -0.15) is 0 Å². The molecule has 11 rings (SSSR count). The van der Waals surface area contributed by atoms with Gasteiger partial charge >= 0.3 is 252 Å². The van der Waals surface area contributed by atoms with E-state index in [1.54, 1.807) is 0 Å². The molecule has 2 aromatic heterocycles. The molecule has 0 saturated carbocycles. The topological polar surface area (TPSA) is 45.5 Å². The second kappa shape index (κ2) is 7.76. The molecule has 6 heterocycles. The molecule has 0 saturated heterocycles. The molecular weight excluding hydrogens is 636 g/mol. The molecule has 7 heteroatoms. The third kappa shape index (κ3) is 2.64. The molecule has 0 N–H and O–H groups in total. The summed E-state index contributed by atoms with van der Waals surface area (Å²) in [7, 11) is 0. The van der Waals surface area contributed by atoms with E-state index in [0.29, 0.717) is 0 Å². The Morgan fingerprint density at radius 3 is 2.17 bits per heavy atom. The summed E-state index contributed by atoms with van der Waals surface area (Å²) in [5, 5.41) is 2.59. The van der Waals surface area contributed by atoms with Crippen LogP contribution in [0.25, 0.3) is 27.5 Å². The van der Waals surface area contributed by atoms with Crippen LogP contribution in [0.3, 0.4) is 0 Å². The maximum absolute atomic E-state index is 6.82. The fourth-order valence-corrected chi connectivity index (χ4v) is 21.7. The van der Waals surface area contributed by atoms with Crippen molar-refractivity contribution in [3.63, 3.8) is 0 Å². The van der Waals surface area contributed by atoms with E-state index in [1.165, 1.54) is 48.1 Å². The third-order valence-corrected chi connectivity index (χ3v) is 23.0. The number of nitrogens with zero attached hydrogens (tertiary/aromatic N) is 2. The molecule has 0 radical (unpaired) electrons. The van der Waals surface area contributed by atoms with E-state index in [2.05, 4.69) is 108 Å². The van der Waals surface area contributed by atoms with Crippen LogP contribution in [-0.4, -0.2) is 42.0 Å². The average molecular weight is 654 g/mol. The Kier molecular flexibility index (Phi) is 4.13. The van der Waals surface area contributed by atoms with Crippen LogP contribution in [-0.2, 0) is 0 Å². The van der Waals surface area contributed by atoms with Gasteiger partial charge in [0.25, 0.3) is 0 Å². The van der Waals surface area contributed by atoms with Crippen LogP contribution in [0.4, 0.5) is 0 Å². The number of hydrogen-bond donors (Lipinski definition) is 0. The van der Waals surface area contributed by atoms with Crippen molar-refractivity contribution in [2.24, 2.45) is 0 Å². The minimum atomic E-state index is -2.68. The zero-order valence-electron chi connectivity index (χ0n) is 22.2. The molecule has 0 bridgehead atoms. The molecule has 0 amide bonds. The molecule has 0 atom stereocenters. The summed E-state index contributed by atoms with van der Waals surface area (Å²) in [6.07, 6.45) is 0. The molecule has 192 valence electrons. The summed E-state index contributed by atoms with van der Waals surface area (Å²) in [5.74, 6) is 5.41. The third-order valence-electron chi connectivity index (χ3n) is 9.39. The first-order valence-electron chi connectivity index (χ1n) is 14.3. The summed E-state index contributed by atoms with van der Waals surface area (Å²) in [6, 6.07) is 39.1. The van der Waals surface area contributed by atoms with Crippen molar-refractivity contribution in [1.82, 2.24) is 9.55 Å². The number of ether oxygens (including phenoxy) is 3. The van der Waals surface area contributed by atoms with Gasteiger partial charge in [-0.15, -0.1) is 0 Å². The van der Waals surface area contributed by atoms with Gasteiger partial charge in [-0.25, -0.2) is 0 Å². The second-order valence-corrected chi connectivity index (χ2v) is 22.5. The van der Waals surface area contributed by atoms with Crippen LogP contribution in [0.5, 0.6) is 34.6 Å². The van der Waals surface area contributed by atoms with Crippen LogP contribution >= 0.6 is 0 Å². The fourth-order valence-electron chi connectivity index (χ4n) is 7.78. The maximum atomic E-state index is 6.82. The van der Waals surface area contributed by atoms with Crippen molar-refractivity contribution in [3.05, 3.63) is 109 Å². The number of aromatic nitrogens is 2. The zero-order chi connectivity index (χ0) is 27.1. The second-order valence-electron chi connectivity index (χ2n) is 11.4. The van der Waals surface area contributed by atoms with Crippen molar-refractivity contribution in [3.8, 4) is 40.3 Å². The van der Waals surface area contributed by atoms with Gasteiger partial charge in [0.1, 0.15) is 0 Å². The van der Waals surface area contributed by atoms with Crippen LogP contribution < -0.4 is 39.0 Å². The molecular formula is C35H18Ga2N2O3. The Hall–Kier alpha value is -4.28. The van der Waals surface area contributed by atoms with Crippen molar-refractivity contribution in [2.45, 2.75) is 0 Å². The molecule has 0 fully saturated rings. The summed E-state index contributed by atoms with van der Waals surface area (Å²) in [4.78, 5) is 5.45. The van der Waals surface area contributed by atoms with Crippen molar-refractivity contribution >= 4 is 79.1 Å².